The van der Waals surface area contributed by atoms with Crippen LogP contribution in [0.3, 0.4) is 0 Å². The van der Waals surface area contributed by atoms with Crippen LogP contribution >= 0.6 is 15.9 Å². The van der Waals surface area contributed by atoms with Gasteiger partial charge in [0.05, 0.1) is 24.0 Å². The summed E-state index contributed by atoms with van der Waals surface area (Å²) >= 11 is 3.45. The van der Waals surface area contributed by atoms with Crippen molar-refractivity contribution in [3.8, 4) is 0 Å². The van der Waals surface area contributed by atoms with Crippen molar-refractivity contribution in [3.05, 3.63) is 47.3 Å². The number of aromatic nitrogens is 1. The number of halogens is 1. The standard InChI is InChI=1S/C15H15BrN2O/c16-12-8-11-4-3-6-14(15(11)18-9-12)17-10-13-5-1-2-7-19-13/h2-4,6-9,13,17H,1,5,10H2. The average Bonchev–Trinajstić information content (AvgIpc) is 2.45. The Hall–Kier alpha value is -1.55. The van der Waals surface area contributed by atoms with Crippen LogP contribution in [0.25, 0.3) is 10.9 Å². The molecule has 0 amide bonds. The molecule has 1 aromatic carbocycles. The number of hydrogen-bond donors (Lipinski definition) is 1. The summed E-state index contributed by atoms with van der Waals surface area (Å²) in [6.07, 6.45) is 8.09. The van der Waals surface area contributed by atoms with Gasteiger partial charge in [-0.05, 0) is 47.0 Å². The third kappa shape index (κ3) is 2.89. The van der Waals surface area contributed by atoms with E-state index in [0.717, 1.165) is 40.4 Å². The molecule has 0 saturated carbocycles. The maximum atomic E-state index is 5.56. The molecular formula is C15H15BrN2O. The predicted molar refractivity (Wildman–Crippen MR) is 81.2 cm³/mol. The van der Waals surface area contributed by atoms with Gasteiger partial charge in [0, 0.05) is 16.1 Å². The van der Waals surface area contributed by atoms with E-state index >= 15 is 0 Å². The molecule has 1 unspecified atom stereocenters. The third-order valence-corrected chi connectivity index (χ3v) is 3.65. The SMILES string of the molecule is Brc1cnc2c(NCC3CCC=CO3)cccc2c1. The van der Waals surface area contributed by atoms with Gasteiger partial charge < -0.3 is 10.1 Å². The molecule has 1 aliphatic heterocycles. The molecule has 0 bridgehead atoms. The first-order chi connectivity index (χ1) is 9.33. The maximum Gasteiger partial charge on any atom is 0.115 e. The summed E-state index contributed by atoms with van der Waals surface area (Å²) in [5, 5.41) is 4.57. The number of nitrogens with one attached hydrogen (secondary N) is 1. The molecule has 98 valence electrons. The molecule has 0 radical (unpaired) electrons. The number of fused-ring (bicyclic) bond motifs is 1. The first-order valence-corrected chi connectivity index (χ1v) is 7.21. The Morgan fingerprint density at radius 3 is 3.21 bits per heavy atom. The fourth-order valence-electron chi connectivity index (χ4n) is 2.24. The van der Waals surface area contributed by atoms with Crippen LogP contribution in [0, 0.1) is 0 Å². The zero-order valence-electron chi connectivity index (χ0n) is 10.5. The first kappa shape index (κ1) is 12.5. The van der Waals surface area contributed by atoms with Crippen LogP contribution in [0.5, 0.6) is 0 Å². The zero-order valence-corrected chi connectivity index (χ0v) is 12.1. The molecular weight excluding hydrogens is 304 g/mol. The van der Waals surface area contributed by atoms with Gasteiger partial charge in [0.2, 0.25) is 0 Å². The van der Waals surface area contributed by atoms with Crippen molar-refractivity contribution in [1.29, 1.82) is 0 Å². The van der Waals surface area contributed by atoms with Crippen LogP contribution in [0.15, 0.2) is 47.3 Å². The van der Waals surface area contributed by atoms with Crippen molar-refractivity contribution in [2.45, 2.75) is 18.9 Å². The van der Waals surface area contributed by atoms with E-state index in [0.29, 0.717) is 0 Å². The molecule has 19 heavy (non-hydrogen) atoms. The molecule has 3 nitrogen and oxygen atoms in total. The Bertz CT molecular complexity index is 612. The fraction of sp³-hybridized carbons (Fsp3) is 0.267. The third-order valence-electron chi connectivity index (χ3n) is 3.22. The van der Waals surface area contributed by atoms with Crippen molar-refractivity contribution >= 4 is 32.5 Å². The smallest absolute Gasteiger partial charge is 0.115 e. The number of hydrogen-bond acceptors (Lipinski definition) is 3. The van der Waals surface area contributed by atoms with Gasteiger partial charge >= 0.3 is 0 Å². The van der Waals surface area contributed by atoms with E-state index in [1.807, 2.05) is 12.3 Å². The minimum Gasteiger partial charge on any atom is -0.497 e. The van der Waals surface area contributed by atoms with Crippen LogP contribution in [-0.4, -0.2) is 17.6 Å². The van der Waals surface area contributed by atoms with Crippen molar-refractivity contribution in [2.24, 2.45) is 0 Å². The number of para-hydroxylation sites is 1. The van der Waals surface area contributed by atoms with E-state index in [2.05, 4.69) is 50.5 Å². The lowest BCUT2D eigenvalue weighted by atomic mass is 10.1. The molecule has 4 heteroatoms. The van der Waals surface area contributed by atoms with E-state index in [-0.39, 0.29) is 6.10 Å². The van der Waals surface area contributed by atoms with Crippen molar-refractivity contribution in [1.82, 2.24) is 4.98 Å². The highest BCUT2D eigenvalue weighted by molar-refractivity contribution is 9.10. The number of pyridine rings is 1. The lowest BCUT2D eigenvalue weighted by Gasteiger charge is -2.20. The van der Waals surface area contributed by atoms with Crippen LogP contribution in [0.4, 0.5) is 5.69 Å². The van der Waals surface area contributed by atoms with E-state index in [9.17, 15) is 0 Å². The molecule has 1 aromatic heterocycles. The van der Waals surface area contributed by atoms with E-state index in [1.54, 1.807) is 6.26 Å². The second-order valence-electron chi connectivity index (χ2n) is 4.62. The van der Waals surface area contributed by atoms with Crippen molar-refractivity contribution < 1.29 is 4.74 Å². The van der Waals surface area contributed by atoms with Crippen LogP contribution < -0.4 is 5.32 Å². The average molecular weight is 319 g/mol. The van der Waals surface area contributed by atoms with Crippen molar-refractivity contribution in [2.75, 3.05) is 11.9 Å². The van der Waals surface area contributed by atoms with Gasteiger partial charge in [0.1, 0.15) is 6.10 Å². The molecule has 1 aliphatic rings. The van der Waals surface area contributed by atoms with Gasteiger partial charge in [-0.3, -0.25) is 4.98 Å². The largest absolute Gasteiger partial charge is 0.497 e. The van der Waals surface area contributed by atoms with Crippen LogP contribution in [0.1, 0.15) is 12.8 Å². The Labute approximate surface area is 120 Å². The van der Waals surface area contributed by atoms with Gasteiger partial charge in [0.25, 0.3) is 0 Å². The quantitative estimate of drug-likeness (QED) is 0.925. The summed E-state index contributed by atoms with van der Waals surface area (Å²) in [5.41, 5.74) is 2.06. The van der Waals surface area contributed by atoms with Crippen molar-refractivity contribution in [3.63, 3.8) is 0 Å². The lowest BCUT2D eigenvalue weighted by Crippen LogP contribution is -2.23. The number of anilines is 1. The van der Waals surface area contributed by atoms with E-state index in [4.69, 9.17) is 4.74 Å². The summed E-state index contributed by atoms with van der Waals surface area (Å²) in [5.74, 6) is 0. The second-order valence-corrected chi connectivity index (χ2v) is 5.53. The fourth-order valence-corrected chi connectivity index (χ4v) is 2.58. The van der Waals surface area contributed by atoms with Crippen LogP contribution in [0.2, 0.25) is 0 Å². The second kappa shape index (κ2) is 5.61. The Kier molecular flexibility index (Phi) is 3.69. The summed E-state index contributed by atoms with van der Waals surface area (Å²) in [6, 6.07) is 8.24. The minimum absolute atomic E-state index is 0.246. The van der Waals surface area contributed by atoms with Gasteiger partial charge in [-0.2, -0.15) is 0 Å². The summed E-state index contributed by atoms with van der Waals surface area (Å²) in [6.45, 7) is 0.807. The molecule has 3 rings (SSSR count). The number of allylic oxidation sites excluding steroid dienone is 1. The number of nitrogens with zero attached hydrogens (tertiary/aromatic N) is 1. The minimum atomic E-state index is 0.246. The normalized spacial score (nSPS) is 18.3. The molecule has 0 fully saturated rings. The highest BCUT2D eigenvalue weighted by Crippen LogP contribution is 2.24. The van der Waals surface area contributed by atoms with Gasteiger partial charge in [-0.1, -0.05) is 12.1 Å². The van der Waals surface area contributed by atoms with Gasteiger partial charge in [0.15, 0.2) is 0 Å². The highest BCUT2D eigenvalue weighted by Gasteiger charge is 2.11. The summed E-state index contributed by atoms with van der Waals surface area (Å²) in [7, 11) is 0. The lowest BCUT2D eigenvalue weighted by molar-refractivity contribution is 0.135. The van der Waals surface area contributed by atoms with Gasteiger partial charge in [-0.25, -0.2) is 0 Å². The molecule has 2 aromatic rings. The molecule has 0 spiro atoms. The topological polar surface area (TPSA) is 34.2 Å². The molecule has 1 N–H and O–H groups in total. The van der Waals surface area contributed by atoms with E-state index < -0.39 is 0 Å². The zero-order chi connectivity index (χ0) is 13.1. The Balaban J connectivity index is 1.78. The Morgan fingerprint density at radius 2 is 2.37 bits per heavy atom. The summed E-state index contributed by atoms with van der Waals surface area (Å²) < 4.78 is 6.56. The molecule has 1 atom stereocenters. The number of ether oxygens (including phenoxy) is 1. The number of rotatable bonds is 3. The molecule has 0 saturated heterocycles. The number of benzene rings is 1. The van der Waals surface area contributed by atoms with E-state index in [1.165, 1.54) is 0 Å². The molecule has 2 heterocycles. The molecule has 0 aliphatic carbocycles. The van der Waals surface area contributed by atoms with Gasteiger partial charge in [-0.15, -0.1) is 0 Å². The Morgan fingerprint density at radius 1 is 1.42 bits per heavy atom. The highest BCUT2D eigenvalue weighted by atomic mass is 79.9. The maximum absolute atomic E-state index is 5.56. The monoisotopic (exact) mass is 318 g/mol. The first-order valence-electron chi connectivity index (χ1n) is 6.41. The summed E-state index contributed by atoms with van der Waals surface area (Å²) in [4.78, 5) is 4.48. The predicted octanol–water partition coefficient (Wildman–Crippen LogP) is 4.10. The van der Waals surface area contributed by atoms with Crippen LogP contribution in [-0.2, 0) is 4.74 Å².